The molecule has 2 rings (SSSR count). The summed E-state index contributed by atoms with van der Waals surface area (Å²) in [6, 6.07) is 4.37. The predicted octanol–water partition coefficient (Wildman–Crippen LogP) is 2.34. The molecule has 0 spiro atoms. The third kappa shape index (κ3) is 2.48. The zero-order chi connectivity index (χ0) is 10.8. The molecule has 1 heterocycles. The van der Waals surface area contributed by atoms with E-state index in [0.717, 1.165) is 37.6 Å². The molecule has 1 aromatic carbocycles. The number of rotatable bonds is 1. The first-order chi connectivity index (χ1) is 7.15. The van der Waals surface area contributed by atoms with Gasteiger partial charge in [-0.3, -0.25) is 0 Å². The van der Waals surface area contributed by atoms with E-state index in [1.54, 1.807) is 6.07 Å². The molecule has 3 heteroatoms. The van der Waals surface area contributed by atoms with Gasteiger partial charge < -0.3 is 10.0 Å². The van der Waals surface area contributed by atoms with Gasteiger partial charge in [0.2, 0.25) is 0 Å². The first-order valence-corrected chi connectivity index (χ1v) is 5.33. The Morgan fingerprint density at radius 2 is 1.93 bits per heavy atom. The number of hydrogen-bond donors (Lipinski definition) is 1. The molecule has 82 valence electrons. The summed E-state index contributed by atoms with van der Waals surface area (Å²) < 4.78 is 13.1. The molecule has 0 amide bonds. The maximum atomic E-state index is 13.1. The van der Waals surface area contributed by atoms with E-state index in [9.17, 15) is 9.50 Å². The summed E-state index contributed by atoms with van der Waals surface area (Å²) in [6.45, 7) is 2.09. The van der Waals surface area contributed by atoms with E-state index < -0.39 is 0 Å². The van der Waals surface area contributed by atoms with Gasteiger partial charge >= 0.3 is 0 Å². The fourth-order valence-electron chi connectivity index (χ4n) is 2.17. The Hall–Kier alpha value is -1.09. The summed E-state index contributed by atoms with van der Waals surface area (Å²) >= 11 is 0. The minimum atomic E-state index is -0.344. The van der Waals surface area contributed by atoms with Crippen molar-refractivity contribution >= 4 is 0 Å². The van der Waals surface area contributed by atoms with Crippen LogP contribution in [0.25, 0.3) is 0 Å². The number of likely N-dealkylation sites (tertiary alicyclic amines) is 1. The Kier molecular flexibility index (Phi) is 2.91. The van der Waals surface area contributed by atoms with Crippen molar-refractivity contribution in [2.75, 3.05) is 20.1 Å². The Bertz CT molecular complexity index is 325. The molecule has 0 radical (unpaired) electrons. The minimum Gasteiger partial charge on any atom is -0.508 e. The number of piperidine rings is 1. The highest BCUT2D eigenvalue weighted by Gasteiger charge is 2.19. The fourth-order valence-corrected chi connectivity index (χ4v) is 2.17. The van der Waals surface area contributed by atoms with Gasteiger partial charge in [0.05, 0.1) is 0 Å². The molecule has 0 bridgehead atoms. The molecular weight excluding hydrogens is 193 g/mol. The number of phenolic OH excluding ortho intramolecular Hbond substituents is 1. The van der Waals surface area contributed by atoms with Crippen LogP contribution in [-0.2, 0) is 0 Å². The third-order valence-corrected chi connectivity index (χ3v) is 3.09. The van der Waals surface area contributed by atoms with Gasteiger partial charge in [-0.15, -0.1) is 0 Å². The zero-order valence-corrected chi connectivity index (χ0v) is 8.91. The summed E-state index contributed by atoms with van der Waals surface area (Å²) in [6.07, 6.45) is 2.08. The molecule has 1 saturated heterocycles. The summed E-state index contributed by atoms with van der Waals surface area (Å²) in [5.41, 5.74) is 0.931. The average Bonchev–Trinajstić information content (AvgIpc) is 2.17. The first-order valence-electron chi connectivity index (χ1n) is 5.33. The summed E-state index contributed by atoms with van der Waals surface area (Å²) in [7, 11) is 2.10. The van der Waals surface area contributed by atoms with E-state index in [1.165, 1.54) is 6.07 Å². The summed E-state index contributed by atoms with van der Waals surface area (Å²) in [4.78, 5) is 2.27. The normalized spacial score (nSPS) is 19.3. The monoisotopic (exact) mass is 209 g/mol. The van der Waals surface area contributed by atoms with Crippen molar-refractivity contribution in [1.29, 1.82) is 0 Å². The molecule has 0 saturated carbocycles. The minimum absolute atomic E-state index is 0.0314. The molecule has 0 unspecified atom stereocenters. The third-order valence-electron chi connectivity index (χ3n) is 3.09. The highest BCUT2D eigenvalue weighted by atomic mass is 19.1. The molecule has 1 N–H and O–H groups in total. The number of hydrogen-bond acceptors (Lipinski definition) is 2. The molecular formula is C12H16FNO. The largest absolute Gasteiger partial charge is 0.508 e. The van der Waals surface area contributed by atoms with Gasteiger partial charge in [-0.2, -0.15) is 0 Å². The predicted molar refractivity (Wildman–Crippen MR) is 57.5 cm³/mol. The fraction of sp³-hybridized carbons (Fsp3) is 0.500. The summed E-state index contributed by atoms with van der Waals surface area (Å²) in [5.74, 6) is 0.0793. The van der Waals surface area contributed by atoms with E-state index >= 15 is 0 Å². The average molecular weight is 209 g/mol. The van der Waals surface area contributed by atoms with Gasteiger partial charge in [-0.25, -0.2) is 4.39 Å². The number of aromatic hydroxyl groups is 1. The van der Waals surface area contributed by atoms with Gasteiger partial charge in [0.15, 0.2) is 0 Å². The van der Waals surface area contributed by atoms with Crippen molar-refractivity contribution in [3.8, 4) is 5.75 Å². The van der Waals surface area contributed by atoms with Crippen LogP contribution in [0.4, 0.5) is 4.39 Å². The van der Waals surface area contributed by atoms with Gasteiger partial charge in [0.25, 0.3) is 0 Å². The van der Waals surface area contributed by atoms with Crippen molar-refractivity contribution in [3.05, 3.63) is 29.6 Å². The standard InChI is InChI=1S/C12H16FNO/c1-14-4-2-9(3-5-14)10-6-11(13)8-12(15)7-10/h6-9,15H,2-5H2,1H3. The van der Waals surface area contributed by atoms with Crippen LogP contribution in [-0.4, -0.2) is 30.1 Å². The van der Waals surface area contributed by atoms with Crippen molar-refractivity contribution in [3.63, 3.8) is 0 Å². The number of phenols is 1. The van der Waals surface area contributed by atoms with Crippen molar-refractivity contribution < 1.29 is 9.50 Å². The Labute approximate surface area is 89.3 Å². The molecule has 0 atom stereocenters. The van der Waals surface area contributed by atoms with Gasteiger partial charge in [0, 0.05) is 6.07 Å². The molecule has 0 aromatic heterocycles. The van der Waals surface area contributed by atoms with Crippen LogP contribution in [0.1, 0.15) is 24.3 Å². The van der Waals surface area contributed by atoms with Crippen molar-refractivity contribution in [2.45, 2.75) is 18.8 Å². The molecule has 1 aliphatic rings. The molecule has 0 aliphatic carbocycles. The van der Waals surface area contributed by atoms with E-state index in [-0.39, 0.29) is 11.6 Å². The molecule has 15 heavy (non-hydrogen) atoms. The topological polar surface area (TPSA) is 23.5 Å². The smallest absolute Gasteiger partial charge is 0.127 e. The van der Waals surface area contributed by atoms with Gasteiger partial charge in [-0.1, -0.05) is 0 Å². The second kappa shape index (κ2) is 4.19. The number of nitrogens with zero attached hydrogens (tertiary/aromatic N) is 1. The number of halogens is 1. The lowest BCUT2D eigenvalue weighted by Gasteiger charge is -2.29. The Morgan fingerprint density at radius 1 is 1.27 bits per heavy atom. The van der Waals surface area contributed by atoms with Gasteiger partial charge in [-0.05, 0) is 56.6 Å². The highest BCUT2D eigenvalue weighted by molar-refractivity contribution is 5.31. The molecule has 1 fully saturated rings. The second-order valence-electron chi connectivity index (χ2n) is 4.32. The van der Waals surface area contributed by atoms with Crippen LogP contribution in [0, 0.1) is 5.82 Å². The van der Waals surface area contributed by atoms with E-state index in [2.05, 4.69) is 11.9 Å². The van der Waals surface area contributed by atoms with Gasteiger partial charge in [0.1, 0.15) is 11.6 Å². The summed E-state index contributed by atoms with van der Waals surface area (Å²) in [5, 5.41) is 9.33. The van der Waals surface area contributed by atoms with Crippen LogP contribution in [0.3, 0.4) is 0 Å². The SMILES string of the molecule is CN1CCC(c2cc(O)cc(F)c2)CC1. The maximum absolute atomic E-state index is 13.1. The lowest BCUT2D eigenvalue weighted by molar-refractivity contribution is 0.255. The van der Waals surface area contributed by atoms with Crippen LogP contribution in [0.15, 0.2) is 18.2 Å². The van der Waals surface area contributed by atoms with E-state index in [0.29, 0.717) is 5.92 Å². The van der Waals surface area contributed by atoms with Crippen molar-refractivity contribution in [2.24, 2.45) is 0 Å². The zero-order valence-electron chi connectivity index (χ0n) is 8.91. The molecule has 1 aromatic rings. The van der Waals surface area contributed by atoms with Crippen LogP contribution in [0.2, 0.25) is 0 Å². The lowest BCUT2D eigenvalue weighted by Crippen LogP contribution is -2.29. The second-order valence-corrected chi connectivity index (χ2v) is 4.32. The van der Waals surface area contributed by atoms with E-state index in [4.69, 9.17) is 0 Å². The van der Waals surface area contributed by atoms with Crippen molar-refractivity contribution in [1.82, 2.24) is 4.90 Å². The Morgan fingerprint density at radius 3 is 2.53 bits per heavy atom. The first kappa shape index (κ1) is 10.4. The van der Waals surface area contributed by atoms with Crippen LogP contribution in [0.5, 0.6) is 5.75 Å². The number of benzene rings is 1. The maximum Gasteiger partial charge on any atom is 0.127 e. The van der Waals surface area contributed by atoms with E-state index in [1.807, 2.05) is 0 Å². The molecule has 1 aliphatic heterocycles. The highest BCUT2D eigenvalue weighted by Crippen LogP contribution is 2.30. The quantitative estimate of drug-likeness (QED) is 0.767. The Balaban J connectivity index is 2.15. The van der Waals surface area contributed by atoms with Crippen LogP contribution < -0.4 is 0 Å². The van der Waals surface area contributed by atoms with Crippen LogP contribution >= 0.6 is 0 Å². The lowest BCUT2D eigenvalue weighted by atomic mass is 9.89. The molecule has 2 nitrogen and oxygen atoms in total.